The fourth-order valence-corrected chi connectivity index (χ4v) is 7.55. The summed E-state index contributed by atoms with van der Waals surface area (Å²) in [6, 6.07) is 22.9. The number of aryl methyl sites for hydroxylation is 1. The fraction of sp³-hybridized carbons (Fsp3) is 0.323. The number of carbonyl (C=O) groups excluding carboxylic acids is 1. The van der Waals surface area contributed by atoms with E-state index in [4.69, 9.17) is 4.74 Å². The highest BCUT2D eigenvalue weighted by Gasteiger charge is 2.35. The SMILES string of the molecule is CCOCCCN(CC(=O)N1CCc2sccc2C1c1ccc(C)cc1)S(=O)(=O)c1ccc2ccccc2c1. The zero-order chi connectivity index (χ0) is 27.4. The average molecular weight is 563 g/mol. The Hall–Kier alpha value is -3.04. The molecule has 0 fully saturated rings. The van der Waals surface area contributed by atoms with Crippen molar-refractivity contribution < 1.29 is 17.9 Å². The van der Waals surface area contributed by atoms with Gasteiger partial charge in [0.2, 0.25) is 15.9 Å². The first-order chi connectivity index (χ1) is 18.9. The van der Waals surface area contributed by atoms with Crippen LogP contribution in [0.25, 0.3) is 10.8 Å². The average Bonchev–Trinajstić information content (AvgIpc) is 3.43. The van der Waals surface area contributed by atoms with Crippen LogP contribution >= 0.6 is 11.3 Å². The second-order valence-corrected chi connectivity index (χ2v) is 12.8. The van der Waals surface area contributed by atoms with Gasteiger partial charge in [0, 0.05) is 31.2 Å². The van der Waals surface area contributed by atoms with Crippen LogP contribution in [0.4, 0.5) is 0 Å². The minimum atomic E-state index is -3.92. The molecular formula is C31H34N2O4S2. The Morgan fingerprint density at radius 3 is 2.59 bits per heavy atom. The topological polar surface area (TPSA) is 66.9 Å². The standard InChI is InChI=1S/C31H34N2O4S2/c1-3-37-19-6-17-32(39(35,36)27-14-13-24-7-4-5-8-26(24)21-27)22-30(34)33-18-15-29-28(16-20-38-29)31(33)25-11-9-23(2)10-12-25/h4-5,7-14,16,20-21,31H,3,6,15,17-19,22H2,1-2H3. The smallest absolute Gasteiger partial charge is 0.243 e. The minimum Gasteiger partial charge on any atom is -0.382 e. The molecule has 1 aliphatic rings. The monoisotopic (exact) mass is 562 g/mol. The van der Waals surface area contributed by atoms with Gasteiger partial charge in [-0.2, -0.15) is 4.31 Å². The molecule has 1 atom stereocenters. The van der Waals surface area contributed by atoms with Gasteiger partial charge >= 0.3 is 0 Å². The fourth-order valence-electron chi connectivity index (χ4n) is 5.18. The van der Waals surface area contributed by atoms with Crippen molar-refractivity contribution in [2.24, 2.45) is 0 Å². The lowest BCUT2D eigenvalue weighted by Gasteiger charge is -2.37. The van der Waals surface area contributed by atoms with Gasteiger partial charge in [-0.05, 0) is 72.2 Å². The highest BCUT2D eigenvalue weighted by molar-refractivity contribution is 7.89. The van der Waals surface area contributed by atoms with Crippen molar-refractivity contribution in [3.8, 4) is 0 Å². The lowest BCUT2D eigenvalue weighted by Crippen LogP contribution is -2.47. The van der Waals surface area contributed by atoms with Crippen LogP contribution in [0.15, 0.2) is 83.1 Å². The van der Waals surface area contributed by atoms with Gasteiger partial charge in [-0.15, -0.1) is 11.3 Å². The molecule has 204 valence electrons. The van der Waals surface area contributed by atoms with Crippen LogP contribution in [0.1, 0.15) is 41.0 Å². The number of ether oxygens (including phenoxy) is 1. The number of benzene rings is 3. The lowest BCUT2D eigenvalue weighted by molar-refractivity contribution is -0.133. The summed E-state index contributed by atoms with van der Waals surface area (Å²) in [5.74, 6) is -0.196. The number of sulfonamides is 1. The number of amides is 1. The van der Waals surface area contributed by atoms with E-state index in [1.54, 1.807) is 23.5 Å². The van der Waals surface area contributed by atoms with E-state index in [0.29, 0.717) is 26.2 Å². The first-order valence-corrected chi connectivity index (χ1v) is 15.7. The normalized spacial score (nSPS) is 15.6. The molecule has 0 radical (unpaired) electrons. The molecule has 5 rings (SSSR count). The lowest BCUT2D eigenvalue weighted by atomic mass is 9.92. The van der Waals surface area contributed by atoms with Crippen LogP contribution in [0.3, 0.4) is 0 Å². The molecular weight excluding hydrogens is 528 g/mol. The summed E-state index contributed by atoms with van der Waals surface area (Å²) in [7, 11) is -3.92. The van der Waals surface area contributed by atoms with Crippen molar-refractivity contribution in [3.05, 3.63) is 99.7 Å². The van der Waals surface area contributed by atoms with Crippen LogP contribution in [0.2, 0.25) is 0 Å². The quantitative estimate of drug-likeness (QED) is 0.229. The maximum atomic E-state index is 14.0. The Morgan fingerprint density at radius 2 is 1.82 bits per heavy atom. The van der Waals surface area contributed by atoms with Crippen LogP contribution in [0, 0.1) is 6.92 Å². The van der Waals surface area contributed by atoms with Crippen LogP contribution in [0.5, 0.6) is 0 Å². The molecule has 1 aromatic heterocycles. The van der Waals surface area contributed by atoms with Crippen LogP contribution in [-0.2, 0) is 26.0 Å². The van der Waals surface area contributed by atoms with E-state index >= 15 is 0 Å². The van der Waals surface area contributed by atoms with Gasteiger partial charge in [0.1, 0.15) is 0 Å². The Kier molecular flexibility index (Phi) is 8.47. The van der Waals surface area contributed by atoms with Gasteiger partial charge in [0.25, 0.3) is 0 Å². The molecule has 4 aromatic rings. The van der Waals surface area contributed by atoms with E-state index in [1.165, 1.54) is 9.18 Å². The van der Waals surface area contributed by atoms with Gasteiger partial charge in [0.15, 0.2) is 0 Å². The molecule has 1 aliphatic heterocycles. The van der Waals surface area contributed by atoms with Gasteiger partial charge < -0.3 is 9.64 Å². The summed E-state index contributed by atoms with van der Waals surface area (Å²) in [5.41, 5.74) is 3.32. The van der Waals surface area contributed by atoms with Crippen molar-refractivity contribution in [2.75, 3.05) is 32.8 Å². The zero-order valence-corrected chi connectivity index (χ0v) is 24.0. The van der Waals surface area contributed by atoms with Gasteiger partial charge in [-0.3, -0.25) is 4.79 Å². The molecule has 2 heterocycles. The third-order valence-corrected chi connectivity index (χ3v) is 10.1. The molecule has 1 unspecified atom stereocenters. The zero-order valence-electron chi connectivity index (χ0n) is 22.4. The second-order valence-electron chi connectivity index (χ2n) is 9.85. The van der Waals surface area contributed by atoms with Crippen LogP contribution < -0.4 is 0 Å². The third-order valence-electron chi connectivity index (χ3n) is 7.25. The minimum absolute atomic E-state index is 0.194. The molecule has 0 saturated carbocycles. The molecule has 0 saturated heterocycles. The van der Waals surface area contributed by atoms with Crippen molar-refractivity contribution in [1.82, 2.24) is 9.21 Å². The number of carbonyl (C=O) groups is 1. The molecule has 8 heteroatoms. The van der Waals surface area contributed by atoms with E-state index in [9.17, 15) is 13.2 Å². The summed E-state index contributed by atoms with van der Waals surface area (Å²) >= 11 is 1.71. The van der Waals surface area contributed by atoms with Crippen LogP contribution in [-0.4, -0.2) is 56.4 Å². The second kappa shape index (κ2) is 12.0. The van der Waals surface area contributed by atoms with Crippen molar-refractivity contribution in [2.45, 2.75) is 37.6 Å². The molecule has 0 N–H and O–H groups in total. The van der Waals surface area contributed by atoms with Gasteiger partial charge in [-0.25, -0.2) is 8.42 Å². The summed E-state index contributed by atoms with van der Waals surface area (Å²) < 4.78 is 34.6. The molecule has 39 heavy (non-hydrogen) atoms. The Balaban J connectivity index is 1.45. The van der Waals surface area contributed by atoms with Gasteiger partial charge in [0.05, 0.1) is 17.5 Å². The number of rotatable bonds is 10. The highest BCUT2D eigenvalue weighted by atomic mass is 32.2. The Labute approximate surface area is 234 Å². The summed E-state index contributed by atoms with van der Waals surface area (Å²) in [6.45, 7) is 5.48. The summed E-state index contributed by atoms with van der Waals surface area (Å²) in [6.07, 6.45) is 1.27. The van der Waals surface area contributed by atoms with Crippen molar-refractivity contribution in [1.29, 1.82) is 0 Å². The maximum Gasteiger partial charge on any atom is 0.243 e. The number of hydrogen-bond acceptors (Lipinski definition) is 5. The molecule has 0 bridgehead atoms. The first-order valence-electron chi connectivity index (χ1n) is 13.4. The Bertz CT molecular complexity index is 1550. The van der Waals surface area contributed by atoms with Gasteiger partial charge in [-0.1, -0.05) is 60.2 Å². The molecule has 1 amide bonds. The van der Waals surface area contributed by atoms with Crippen molar-refractivity contribution in [3.63, 3.8) is 0 Å². The van der Waals surface area contributed by atoms with E-state index in [0.717, 1.165) is 33.9 Å². The van der Waals surface area contributed by atoms with E-state index in [1.807, 2.05) is 49.1 Å². The van der Waals surface area contributed by atoms with E-state index in [2.05, 4.69) is 35.7 Å². The first kappa shape index (κ1) is 27.5. The Morgan fingerprint density at radius 1 is 1.05 bits per heavy atom. The summed E-state index contributed by atoms with van der Waals surface area (Å²) in [4.78, 5) is 17.3. The maximum absolute atomic E-state index is 14.0. The predicted octanol–water partition coefficient (Wildman–Crippen LogP) is 5.80. The van der Waals surface area contributed by atoms with E-state index < -0.39 is 10.0 Å². The van der Waals surface area contributed by atoms with Crippen molar-refractivity contribution >= 4 is 38.0 Å². The highest BCUT2D eigenvalue weighted by Crippen LogP contribution is 2.38. The summed E-state index contributed by atoms with van der Waals surface area (Å²) in [5, 5.41) is 3.89. The largest absolute Gasteiger partial charge is 0.382 e. The van der Waals surface area contributed by atoms with E-state index in [-0.39, 0.29) is 29.9 Å². The molecule has 3 aromatic carbocycles. The number of thiophene rings is 1. The predicted molar refractivity (Wildman–Crippen MR) is 157 cm³/mol. The molecule has 0 spiro atoms. The molecule has 0 aliphatic carbocycles. The third kappa shape index (κ3) is 5.94. The number of fused-ring (bicyclic) bond motifs is 2. The molecule has 6 nitrogen and oxygen atoms in total. The number of hydrogen-bond donors (Lipinski definition) is 0. The number of nitrogens with zero attached hydrogens (tertiary/aromatic N) is 2.